The molecule has 0 aliphatic heterocycles. The second kappa shape index (κ2) is 51.8. The van der Waals surface area contributed by atoms with Crippen molar-refractivity contribution in [3.05, 3.63) is 104 Å². The predicted molar refractivity (Wildman–Crippen MR) is 272 cm³/mol. The quantitative estimate of drug-likeness (QED) is 0.0248. The van der Waals surface area contributed by atoms with Crippen molar-refractivity contribution in [1.29, 1.82) is 0 Å². The summed E-state index contributed by atoms with van der Waals surface area (Å²) in [4.78, 5) is 28.1. The van der Waals surface area contributed by atoms with Crippen LogP contribution < -0.4 is 0 Å². The summed E-state index contributed by atoms with van der Waals surface area (Å²) >= 11 is 0. The molecule has 0 saturated carbocycles. The maximum atomic E-state index is 8.65. The number of azide groups is 10. The molecule has 0 heterocycles. The minimum absolute atomic E-state index is 0.0358. The van der Waals surface area contributed by atoms with Crippen LogP contribution in [0.3, 0.4) is 0 Å². The lowest BCUT2D eigenvalue weighted by molar-refractivity contribution is -0.0319. The number of hydrogen-bond acceptors (Lipinski definition) is 13. The summed E-state index contributed by atoms with van der Waals surface area (Å²) in [6.45, 7) is 6.20. The Morgan fingerprint density at radius 1 is 0.222 bits per heavy atom. The van der Waals surface area contributed by atoms with Crippen molar-refractivity contribution >= 4 is 0 Å². The van der Waals surface area contributed by atoms with E-state index in [0.29, 0.717) is 144 Å². The van der Waals surface area contributed by atoms with Gasteiger partial charge in [-0.1, -0.05) is 51.1 Å². The highest BCUT2D eigenvalue weighted by molar-refractivity contribution is 4.84. The molecule has 0 radical (unpaired) electrons. The summed E-state index contributed by atoms with van der Waals surface area (Å²) in [6, 6.07) is 0. The Labute approximate surface area is 418 Å². The molecule has 0 aromatic rings. The van der Waals surface area contributed by atoms with E-state index in [1.165, 1.54) is 0 Å². The third-order valence-electron chi connectivity index (χ3n) is 11.8. The monoisotopic (exact) mass is 1010 g/mol. The molecule has 33 heteroatoms. The average Bonchev–Trinajstić information content (AvgIpc) is 3.39. The largest absolute Gasteiger partial charge is 0.378 e. The van der Waals surface area contributed by atoms with E-state index >= 15 is 0 Å². The van der Waals surface area contributed by atoms with Gasteiger partial charge in [-0.3, -0.25) is 0 Å². The summed E-state index contributed by atoms with van der Waals surface area (Å²) < 4.78 is 17.8. The Bertz CT molecular complexity index is 1620. The van der Waals surface area contributed by atoms with Crippen LogP contribution in [-0.2, 0) is 14.2 Å². The molecular weight excluding hydrogens is 937 g/mol. The standard InChI is InChI=1S/C26H48N18O3.C13H24N12/c27-39-33-13-1-7-25(8-2-14-34-40-28,9-3-15-35-41-29)23-46-21-19-45-20-22-47-24-26(10-4-16-36-42-30,11-5-17-37-43-31)12-6-18-38-44-32;14-22-18-9-1-5-13(6-2-10-19-23-15,7-3-11-20-24-16)8-4-12-21-25-17/h1-24H2;1-12H2. The van der Waals surface area contributed by atoms with Crippen LogP contribution in [-0.4, -0.2) is 105 Å². The maximum Gasteiger partial charge on any atom is 0.0701 e. The molecule has 0 unspecified atom stereocenters. The van der Waals surface area contributed by atoms with E-state index in [4.69, 9.17) is 69.5 Å². The van der Waals surface area contributed by atoms with Crippen LogP contribution in [0, 0.1) is 16.2 Å². The zero-order valence-electron chi connectivity index (χ0n) is 41.6. The number of hydrogen-bond donors (Lipinski definition) is 0. The summed E-state index contributed by atoms with van der Waals surface area (Å²) in [5.41, 5.74) is 85.0. The van der Waals surface area contributed by atoms with Gasteiger partial charge in [0.25, 0.3) is 0 Å². The van der Waals surface area contributed by atoms with Crippen molar-refractivity contribution in [1.82, 2.24) is 0 Å². The Kier molecular flexibility index (Phi) is 48.3. The number of rotatable bonds is 50. The van der Waals surface area contributed by atoms with Crippen LogP contribution in [0.4, 0.5) is 0 Å². The van der Waals surface area contributed by atoms with Crippen LogP contribution in [0.5, 0.6) is 0 Å². The van der Waals surface area contributed by atoms with Gasteiger partial charge in [0.1, 0.15) is 0 Å². The third-order valence-corrected chi connectivity index (χ3v) is 11.8. The molecular formula is C39H72N30O3. The maximum absolute atomic E-state index is 8.65. The molecule has 0 N–H and O–H groups in total. The summed E-state index contributed by atoms with van der Waals surface area (Å²) in [5.74, 6) is 0. The predicted octanol–water partition coefficient (Wildman–Crippen LogP) is 15.9. The first-order valence-corrected chi connectivity index (χ1v) is 24.1. The van der Waals surface area contributed by atoms with Gasteiger partial charge in [0, 0.05) is 115 Å². The fourth-order valence-electron chi connectivity index (χ4n) is 8.54. The lowest BCUT2D eigenvalue weighted by atomic mass is 9.72. The molecule has 0 spiro atoms. The van der Waals surface area contributed by atoms with Crippen LogP contribution in [0.25, 0.3) is 104 Å². The molecule has 33 nitrogen and oxygen atoms in total. The molecule has 0 bridgehead atoms. The molecule has 0 aliphatic rings. The molecule has 0 rings (SSSR count). The Morgan fingerprint density at radius 3 is 0.542 bits per heavy atom. The van der Waals surface area contributed by atoms with Gasteiger partial charge in [0.2, 0.25) is 0 Å². The van der Waals surface area contributed by atoms with E-state index in [-0.39, 0.29) is 16.2 Å². The summed E-state index contributed by atoms with van der Waals surface area (Å²) in [7, 11) is 0. The molecule has 0 saturated heterocycles. The fraction of sp³-hybridized carbons (Fsp3) is 1.00. The molecule has 0 aromatic heterocycles. The van der Waals surface area contributed by atoms with E-state index in [0.717, 1.165) is 89.9 Å². The lowest BCUT2D eigenvalue weighted by Gasteiger charge is -2.34. The van der Waals surface area contributed by atoms with E-state index in [2.05, 4.69) is 100 Å². The van der Waals surface area contributed by atoms with Crippen LogP contribution >= 0.6 is 0 Å². The van der Waals surface area contributed by atoms with Crippen LogP contribution in [0.1, 0.15) is 128 Å². The number of nitrogens with zero attached hydrogens (tertiary/aromatic N) is 30. The molecule has 72 heavy (non-hydrogen) atoms. The van der Waals surface area contributed by atoms with E-state index in [1.54, 1.807) is 0 Å². The average molecular weight is 1010 g/mol. The van der Waals surface area contributed by atoms with Gasteiger partial charge in [-0.25, -0.2) is 0 Å². The lowest BCUT2D eigenvalue weighted by Crippen LogP contribution is -2.30. The highest BCUT2D eigenvalue weighted by atomic mass is 16.5. The van der Waals surface area contributed by atoms with Crippen molar-refractivity contribution in [2.24, 2.45) is 67.4 Å². The first-order valence-electron chi connectivity index (χ1n) is 24.1. The molecule has 0 atom stereocenters. The van der Waals surface area contributed by atoms with Gasteiger partial charge in [-0.05, 0) is 200 Å². The van der Waals surface area contributed by atoms with Crippen LogP contribution in [0.15, 0.2) is 51.1 Å². The Balaban J connectivity index is 0. The normalized spacial score (nSPS) is 12.4. The van der Waals surface area contributed by atoms with E-state index in [1.807, 2.05) is 0 Å². The highest BCUT2D eigenvalue weighted by Crippen LogP contribution is 2.40. The van der Waals surface area contributed by atoms with Gasteiger partial charge < -0.3 is 14.2 Å². The highest BCUT2D eigenvalue weighted by Gasteiger charge is 2.31. The minimum atomic E-state index is -0.261. The molecule has 0 amide bonds. The molecule has 0 fully saturated rings. The minimum Gasteiger partial charge on any atom is -0.378 e. The Hall–Kier alpha value is -7.02. The van der Waals surface area contributed by atoms with Gasteiger partial charge in [0.05, 0.1) is 39.6 Å². The van der Waals surface area contributed by atoms with Crippen LogP contribution in [0.2, 0.25) is 0 Å². The van der Waals surface area contributed by atoms with Crippen molar-refractivity contribution in [3.63, 3.8) is 0 Å². The molecule has 0 aromatic carbocycles. The van der Waals surface area contributed by atoms with Gasteiger partial charge in [0.15, 0.2) is 0 Å². The molecule has 0 aliphatic carbocycles. The van der Waals surface area contributed by atoms with Gasteiger partial charge in [-0.15, -0.1) is 0 Å². The fourth-order valence-corrected chi connectivity index (χ4v) is 8.54. The second-order valence-electron chi connectivity index (χ2n) is 16.8. The Morgan fingerprint density at radius 2 is 0.375 bits per heavy atom. The van der Waals surface area contributed by atoms with Gasteiger partial charge >= 0.3 is 0 Å². The third kappa shape index (κ3) is 40.8. The zero-order chi connectivity index (χ0) is 53.2. The first kappa shape index (κ1) is 67.1. The van der Waals surface area contributed by atoms with Crippen molar-refractivity contribution in [2.45, 2.75) is 128 Å². The number of ether oxygens (including phenoxy) is 3. The van der Waals surface area contributed by atoms with E-state index < -0.39 is 0 Å². The van der Waals surface area contributed by atoms with Crippen molar-refractivity contribution in [3.8, 4) is 0 Å². The van der Waals surface area contributed by atoms with Crippen molar-refractivity contribution in [2.75, 3.05) is 105 Å². The van der Waals surface area contributed by atoms with Gasteiger partial charge in [-0.2, -0.15) is 0 Å². The zero-order valence-corrected chi connectivity index (χ0v) is 41.6. The second-order valence-corrected chi connectivity index (χ2v) is 16.8. The summed E-state index contributed by atoms with van der Waals surface area (Å²) in [6.07, 6.45) is 14.9. The smallest absolute Gasteiger partial charge is 0.0701 e. The van der Waals surface area contributed by atoms with E-state index in [9.17, 15) is 0 Å². The SMILES string of the molecule is [N-]=[N+]=NCCCC(CCCN=[N+]=[N-])(CCCN=[N+]=[N-])CCCN=[N+]=[N-].[N-]=[N+]=NCCCC(CCCN=[N+]=[N-])(CCCN=[N+]=[N-])COCCOCCOCC(CCCN=[N+]=[N-])(CCCN=[N+]=[N-])CCCN=[N+]=[N-]. The first-order chi connectivity index (χ1) is 35.3. The molecule has 396 valence electrons. The summed E-state index contributed by atoms with van der Waals surface area (Å²) in [5, 5.41) is 36.2. The van der Waals surface area contributed by atoms with Crippen molar-refractivity contribution < 1.29 is 14.2 Å². The topological polar surface area (TPSA) is 515 Å².